The molecule has 0 spiro atoms. The molecule has 3 rings (SSSR count). The first kappa shape index (κ1) is 20.1. The predicted octanol–water partition coefficient (Wildman–Crippen LogP) is 1.38. The van der Waals surface area contributed by atoms with Crippen molar-refractivity contribution in [1.29, 1.82) is 0 Å². The Kier molecular flexibility index (Phi) is 6.13. The molecule has 1 atom stereocenters. The van der Waals surface area contributed by atoms with E-state index in [1.54, 1.807) is 13.8 Å². The summed E-state index contributed by atoms with van der Waals surface area (Å²) in [5.74, 6) is -0.0609. The molecule has 1 saturated heterocycles. The van der Waals surface area contributed by atoms with Crippen LogP contribution in [-0.4, -0.2) is 55.2 Å². The van der Waals surface area contributed by atoms with E-state index >= 15 is 0 Å². The largest absolute Gasteiger partial charge is 0.343 e. The van der Waals surface area contributed by atoms with Gasteiger partial charge in [-0.3, -0.25) is 19.3 Å². The lowest BCUT2D eigenvalue weighted by Crippen LogP contribution is -2.44. The van der Waals surface area contributed by atoms with Gasteiger partial charge in [0, 0.05) is 6.04 Å². The maximum Gasteiger partial charge on any atom is 0.252 e. The molecule has 8 nitrogen and oxygen atoms in total. The second kappa shape index (κ2) is 8.55. The van der Waals surface area contributed by atoms with Crippen LogP contribution in [0, 0.1) is 6.92 Å². The van der Waals surface area contributed by atoms with E-state index in [2.05, 4.69) is 15.5 Å². The Bertz CT molecular complexity index is 881. The van der Waals surface area contributed by atoms with Crippen molar-refractivity contribution >= 4 is 29.5 Å². The molecule has 0 bridgehead atoms. The van der Waals surface area contributed by atoms with Crippen LogP contribution in [0.3, 0.4) is 0 Å². The van der Waals surface area contributed by atoms with Crippen molar-refractivity contribution in [2.75, 3.05) is 5.75 Å². The molecule has 2 heterocycles. The van der Waals surface area contributed by atoms with Crippen LogP contribution in [0.4, 0.5) is 0 Å². The fraction of sp³-hybridized carbons (Fsp3) is 0.421. The number of thioether (sulfide) groups is 1. The summed E-state index contributed by atoms with van der Waals surface area (Å²) in [5, 5.41) is 11.5. The van der Waals surface area contributed by atoms with Gasteiger partial charge in [-0.2, -0.15) is 0 Å². The van der Waals surface area contributed by atoms with Gasteiger partial charge in [-0.05, 0) is 26.3 Å². The number of nitrogens with one attached hydrogen (secondary N) is 1. The predicted molar refractivity (Wildman–Crippen MR) is 105 cm³/mol. The molecular weight excluding hydrogens is 378 g/mol. The summed E-state index contributed by atoms with van der Waals surface area (Å²) in [6.45, 7) is 6.03. The number of nitrogens with zero attached hydrogens (tertiary/aromatic N) is 4. The first-order chi connectivity index (χ1) is 13.4. The monoisotopic (exact) mass is 401 g/mol. The second-order valence-corrected chi connectivity index (χ2v) is 7.85. The molecule has 28 heavy (non-hydrogen) atoms. The summed E-state index contributed by atoms with van der Waals surface area (Å²) < 4.78 is 1.94. The molecule has 0 aliphatic carbocycles. The van der Waals surface area contributed by atoms with Gasteiger partial charge in [0.2, 0.25) is 11.8 Å². The number of likely N-dealkylation sites (tertiary alicyclic amines) is 1. The number of benzene rings is 1. The standard InChI is InChI=1S/C19H23N5O3S/c1-12(2)24-17(26)9-15(18(24)27)20-16(25)11-28-19-22-21-13(3)23(19)10-14-7-5-4-6-8-14/h4-8,12,15H,9-11H2,1-3H3,(H,20,25)/t15-/m0/s1. The van der Waals surface area contributed by atoms with Crippen LogP contribution < -0.4 is 5.32 Å². The molecule has 0 unspecified atom stereocenters. The molecule has 1 aromatic heterocycles. The highest BCUT2D eigenvalue weighted by atomic mass is 32.2. The van der Waals surface area contributed by atoms with E-state index < -0.39 is 6.04 Å². The van der Waals surface area contributed by atoms with Crippen molar-refractivity contribution in [3.05, 3.63) is 41.7 Å². The highest BCUT2D eigenvalue weighted by molar-refractivity contribution is 7.99. The number of hydrogen-bond acceptors (Lipinski definition) is 6. The Morgan fingerprint density at radius 2 is 1.96 bits per heavy atom. The molecule has 0 radical (unpaired) electrons. The topological polar surface area (TPSA) is 97.2 Å². The molecule has 1 fully saturated rings. The first-order valence-corrected chi connectivity index (χ1v) is 10.1. The summed E-state index contributed by atoms with van der Waals surface area (Å²) in [7, 11) is 0. The second-order valence-electron chi connectivity index (χ2n) is 6.91. The Balaban J connectivity index is 1.58. The van der Waals surface area contributed by atoms with Gasteiger partial charge in [0.1, 0.15) is 11.9 Å². The van der Waals surface area contributed by atoms with E-state index in [0.717, 1.165) is 11.4 Å². The van der Waals surface area contributed by atoms with Crippen molar-refractivity contribution in [3.8, 4) is 0 Å². The van der Waals surface area contributed by atoms with Gasteiger partial charge in [0.15, 0.2) is 5.16 Å². The van der Waals surface area contributed by atoms with E-state index in [-0.39, 0.29) is 35.9 Å². The maximum absolute atomic E-state index is 12.3. The van der Waals surface area contributed by atoms with E-state index in [9.17, 15) is 14.4 Å². The fourth-order valence-electron chi connectivity index (χ4n) is 3.09. The van der Waals surface area contributed by atoms with Crippen molar-refractivity contribution in [3.63, 3.8) is 0 Å². The molecule has 1 N–H and O–H groups in total. The number of carbonyl (C=O) groups is 3. The third-order valence-electron chi connectivity index (χ3n) is 4.45. The molecule has 148 valence electrons. The van der Waals surface area contributed by atoms with Crippen LogP contribution in [-0.2, 0) is 20.9 Å². The highest BCUT2D eigenvalue weighted by Crippen LogP contribution is 2.20. The lowest BCUT2D eigenvalue weighted by atomic mass is 10.2. The van der Waals surface area contributed by atoms with Crippen molar-refractivity contribution in [1.82, 2.24) is 25.0 Å². The zero-order valence-electron chi connectivity index (χ0n) is 16.1. The number of hydrogen-bond donors (Lipinski definition) is 1. The minimum Gasteiger partial charge on any atom is -0.343 e. The number of amides is 3. The molecule has 9 heteroatoms. The van der Waals surface area contributed by atoms with Gasteiger partial charge < -0.3 is 9.88 Å². The van der Waals surface area contributed by atoms with Gasteiger partial charge in [0.25, 0.3) is 5.91 Å². The van der Waals surface area contributed by atoms with E-state index in [4.69, 9.17) is 0 Å². The summed E-state index contributed by atoms with van der Waals surface area (Å²) in [6, 6.07) is 8.93. The van der Waals surface area contributed by atoms with Crippen LogP contribution in [0.5, 0.6) is 0 Å². The zero-order valence-corrected chi connectivity index (χ0v) is 16.9. The fourth-order valence-corrected chi connectivity index (χ4v) is 3.88. The summed E-state index contributed by atoms with van der Waals surface area (Å²) in [5.41, 5.74) is 1.11. The van der Waals surface area contributed by atoms with Gasteiger partial charge in [-0.1, -0.05) is 42.1 Å². The number of aromatic nitrogens is 3. The van der Waals surface area contributed by atoms with Gasteiger partial charge in [-0.25, -0.2) is 0 Å². The van der Waals surface area contributed by atoms with E-state index in [1.165, 1.54) is 16.7 Å². The van der Waals surface area contributed by atoms with Crippen LogP contribution in [0.25, 0.3) is 0 Å². The average Bonchev–Trinajstić information content (AvgIpc) is 3.13. The number of imide groups is 1. The summed E-state index contributed by atoms with van der Waals surface area (Å²) >= 11 is 1.26. The molecular formula is C19H23N5O3S. The zero-order chi connectivity index (χ0) is 20.3. The molecule has 2 aromatic rings. The quantitative estimate of drug-likeness (QED) is 0.556. The van der Waals surface area contributed by atoms with E-state index in [1.807, 2.05) is 41.8 Å². The van der Waals surface area contributed by atoms with Gasteiger partial charge >= 0.3 is 0 Å². The Morgan fingerprint density at radius 1 is 1.25 bits per heavy atom. The molecule has 1 aliphatic heterocycles. The Labute approximate surface area is 167 Å². The normalized spacial score (nSPS) is 16.9. The molecule has 0 saturated carbocycles. The number of rotatable bonds is 7. The Morgan fingerprint density at radius 3 is 2.61 bits per heavy atom. The minimum absolute atomic E-state index is 0.0106. The molecule has 3 amide bonds. The summed E-state index contributed by atoms with van der Waals surface area (Å²) in [6.07, 6.45) is 0.0106. The highest BCUT2D eigenvalue weighted by Gasteiger charge is 2.40. The third kappa shape index (κ3) is 4.41. The van der Waals surface area contributed by atoms with Crippen LogP contribution in [0.2, 0.25) is 0 Å². The summed E-state index contributed by atoms with van der Waals surface area (Å²) in [4.78, 5) is 37.7. The van der Waals surface area contributed by atoms with Gasteiger partial charge in [0.05, 0.1) is 18.7 Å². The van der Waals surface area contributed by atoms with E-state index in [0.29, 0.717) is 11.7 Å². The maximum atomic E-state index is 12.3. The Hall–Kier alpha value is -2.68. The SMILES string of the molecule is Cc1nnc(SCC(=O)N[C@H]2CC(=O)N(C(C)C)C2=O)n1Cc1ccccc1. The van der Waals surface area contributed by atoms with Crippen molar-refractivity contribution in [2.45, 2.75) is 51.0 Å². The lowest BCUT2D eigenvalue weighted by Gasteiger charge is -2.19. The smallest absolute Gasteiger partial charge is 0.252 e. The lowest BCUT2D eigenvalue weighted by molar-refractivity contribution is -0.141. The van der Waals surface area contributed by atoms with Crippen LogP contribution >= 0.6 is 11.8 Å². The third-order valence-corrected chi connectivity index (χ3v) is 5.42. The minimum atomic E-state index is -0.785. The first-order valence-electron chi connectivity index (χ1n) is 9.08. The number of aryl methyl sites for hydroxylation is 1. The van der Waals surface area contributed by atoms with Gasteiger partial charge in [-0.15, -0.1) is 10.2 Å². The van der Waals surface area contributed by atoms with Crippen LogP contribution in [0.1, 0.15) is 31.7 Å². The molecule has 1 aliphatic rings. The molecule has 1 aromatic carbocycles. The van der Waals surface area contributed by atoms with Crippen molar-refractivity contribution < 1.29 is 14.4 Å². The average molecular weight is 401 g/mol. The van der Waals surface area contributed by atoms with Crippen LogP contribution in [0.15, 0.2) is 35.5 Å². The number of carbonyl (C=O) groups excluding carboxylic acids is 3. The van der Waals surface area contributed by atoms with Crippen molar-refractivity contribution in [2.24, 2.45) is 0 Å².